The fraction of sp³-hybridized carbons (Fsp3) is 1.00. The molecule has 0 heterocycles. The number of hydrogen-bond acceptors (Lipinski definition) is 1. The second kappa shape index (κ2) is 5.96. The summed E-state index contributed by atoms with van der Waals surface area (Å²) in [6.45, 7) is 0.353. The zero-order valence-corrected chi connectivity index (χ0v) is 4.65. The Bertz CT molecular complexity index is 93.0. The van der Waals surface area contributed by atoms with Crippen LogP contribution in [0.25, 0.3) is 0 Å². The van der Waals surface area contributed by atoms with Gasteiger partial charge in [-0.2, -0.15) is 0 Å². The summed E-state index contributed by atoms with van der Waals surface area (Å²) >= 11 is 0. The van der Waals surface area contributed by atoms with Crippen molar-refractivity contribution in [2.24, 2.45) is 0 Å². The average Bonchev–Trinajstić information content (AvgIpc) is 1.84. The van der Waals surface area contributed by atoms with E-state index in [1.165, 1.54) is 0 Å². The van der Waals surface area contributed by atoms with Crippen LogP contribution >= 0.6 is 0 Å². The van der Waals surface area contributed by atoms with Gasteiger partial charge in [0.1, 0.15) is 0 Å². The third kappa shape index (κ3) is 5.96. The van der Waals surface area contributed by atoms with Gasteiger partial charge in [-0.3, -0.25) is 0 Å². The highest BCUT2D eigenvalue weighted by Gasteiger charge is 1.80. The van der Waals surface area contributed by atoms with E-state index in [4.69, 9.17) is 9.22 Å². The Morgan fingerprint density at radius 3 is 2.71 bits per heavy atom. The highest BCUT2D eigenvalue weighted by molar-refractivity contribution is 4.35. The zero-order valence-electron chi connectivity index (χ0n) is 7.65. The molecule has 0 amide bonds. The van der Waals surface area contributed by atoms with Gasteiger partial charge in [-0.05, 0) is 6.37 Å². The van der Waals surface area contributed by atoms with E-state index < -0.39 is 13.0 Å². The Morgan fingerprint density at radius 1 is 1.57 bits per heavy atom. The maximum atomic E-state index is 8.60. The zero-order chi connectivity index (χ0) is 8.20. The fourth-order valence-electron chi connectivity index (χ4n) is 0.343. The van der Waals surface area contributed by atoms with Gasteiger partial charge < -0.3 is 5.11 Å². The second-order valence-electron chi connectivity index (χ2n) is 1.44. The van der Waals surface area contributed by atoms with Gasteiger partial charge in [-0.25, -0.2) is 0 Å². The fourth-order valence-corrected chi connectivity index (χ4v) is 0.343. The molecule has 0 fully saturated rings. The molecule has 44 valence electrons. The molecule has 7 heavy (non-hydrogen) atoms. The van der Waals surface area contributed by atoms with Crippen molar-refractivity contribution < 1.29 is 9.22 Å². The number of aliphatic hydroxyl groups is 1. The molecule has 1 heteroatoms. The average molecular weight is 105 g/mol. The highest BCUT2D eigenvalue weighted by atomic mass is 16.2. The van der Waals surface area contributed by atoms with E-state index in [0.29, 0.717) is 0 Å². The summed E-state index contributed by atoms with van der Waals surface area (Å²) < 4.78 is 21.0. The Morgan fingerprint density at radius 2 is 2.29 bits per heavy atom. The van der Waals surface area contributed by atoms with Crippen LogP contribution in [0.1, 0.15) is 36.7 Å². The van der Waals surface area contributed by atoms with Crippen molar-refractivity contribution in [3.63, 3.8) is 0 Å². The van der Waals surface area contributed by atoms with E-state index in [-0.39, 0.29) is 6.42 Å². The first-order valence-corrected chi connectivity index (χ1v) is 2.61. The Kier molecular flexibility index (Phi) is 2.62. The van der Waals surface area contributed by atoms with E-state index >= 15 is 0 Å². The van der Waals surface area contributed by atoms with Crippen LogP contribution in [0.2, 0.25) is 0 Å². The van der Waals surface area contributed by atoms with E-state index in [9.17, 15) is 0 Å². The summed E-state index contributed by atoms with van der Waals surface area (Å²) in [5.74, 6) is 0. The molecule has 0 aromatic heterocycles. The van der Waals surface area contributed by atoms with Gasteiger partial charge in [0.05, 0.1) is 1.37 Å². The first-order valence-electron chi connectivity index (χ1n) is 4.18. The van der Waals surface area contributed by atoms with Crippen LogP contribution in [0, 0.1) is 0 Å². The molecular formula is C6H14O. The molecule has 0 saturated heterocycles. The van der Waals surface area contributed by atoms with Crippen molar-refractivity contribution >= 4 is 0 Å². The first kappa shape index (κ1) is 3.08. The topological polar surface area (TPSA) is 20.2 Å². The van der Waals surface area contributed by atoms with Crippen molar-refractivity contribution in [2.45, 2.75) is 32.6 Å². The van der Waals surface area contributed by atoms with Crippen LogP contribution in [0.3, 0.4) is 0 Å². The maximum Gasteiger partial charge on any atom is 0.0564 e. The van der Waals surface area contributed by atoms with Gasteiger partial charge in [-0.1, -0.05) is 26.2 Å². The molecule has 0 aliphatic rings. The third-order valence-electron chi connectivity index (χ3n) is 0.766. The molecule has 0 radical (unpaired) electrons. The van der Waals surface area contributed by atoms with Crippen molar-refractivity contribution in [3.05, 3.63) is 0 Å². The lowest BCUT2D eigenvalue weighted by atomic mass is 10.2. The summed E-state index contributed by atoms with van der Waals surface area (Å²) in [6, 6.07) is 0. The van der Waals surface area contributed by atoms with Crippen LogP contribution in [-0.2, 0) is 0 Å². The SMILES string of the molecule is [2H]C(O)C([2H])([2H])CCCC. The predicted octanol–water partition coefficient (Wildman–Crippen LogP) is 1.56. The van der Waals surface area contributed by atoms with Gasteiger partial charge in [-0.15, -0.1) is 0 Å². The van der Waals surface area contributed by atoms with Crippen molar-refractivity contribution in [2.75, 3.05) is 6.58 Å². The molecular weight excluding hydrogens is 88.1 g/mol. The number of hydrogen-bond donors (Lipinski definition) is 1. The monoisotopic (exact) mass is 105 g/mol. The molecule has 0 rings (SSSR count). The molecule has 0 aromatic carbocycles. The Hall–Kier alpha value is -0.0400. The van der Waals surface area contributed by atoms with E-state index in [1.807, 2.05) is 6.92 Å². The summed E-state index contributed by atoms with van der Waals surface area (Å²) in [5, 5.41) is 8.60. The van der Waals surface area contributed by atoms with Gasteiger partial charge in [0, 0.05) is 9.32 Å². The Balaban J connectivity index is 3.63. The third-order valence-corrected chi connectivity index (χ3v) is 0.766. The minimum atomic E-state index is -1.73. The van der Waals surface area contributed by atoms with Gasteiger partial charge in [0.15, 0.2) is 0 Å². The summed E-state index contributed by atoms with van der Waals surface area (Å²) in [7, 11) is 0. The van der Waals surface area contributed by atoms with E-state index in [1.54, 1.807) is 0 Å². The molecule has 1 N–H and O–H groups in total. The quantitative estimate of drug-likeness (QED) is 0.575. The molecule has 0 bridgehead atoms. The second-order valence-corrected chi connectivity index (χ2v) is 1.44. The lowest BCUT2D eigenvalue weighted by molar-refractivity contribution is 0.283. The summed E-state index contributed by atoms with van der Waals surface area (Å²) in [5.41, 5.74) is 0. The summed E-state index contributed by atoms with van der Waals surface area (Å²) in [6.07, 6.45) is 0.166. The predicted molar refractivity (Wildman–Crippen MR) is 31.2 cm³/mol. The minimum Gasteiger partial charge on any atom is -0.396 e. The van der Waals surface area contributed by atoms with Crippen molar-refractivity contribution in [3.8, 4) is 0 Å². The number of rotatable bonds is 4. The Labute approximate surface area is 49.6 Å². The summed E-state index contributed by atoms with van der Waals surface area (Å²) in [4.78, 5) is 0. The molecule has 0 aromatic rings. The minimum absolute atomic E-state index is 0.272. The van der Waals surface area contributed by atoms with Gasteiger partial charge in [0.25, 0.3) is 0 Å². The smallest absolute Gasteiger partial charge is 0.0564 e. The van der Waals surface area contributed by atoms with Gasteiger partial charge >= 0.3 is 0 Å². The standard InChI is InChI=1S/C6H14O/c1-2-3-4-5-6-7/h7H,2-6H2,1H3/i5D2,6D. The molecule has 1 unspecified atom stereocenters. The first-order chi connectivity index (χ1) is 4.50. The van der Waals surface area contributed by atoms with Crippen molar-refractivity contribution in [1.82, 2.24) is 0 Å². The molecule has 0 spiro atoms. The molecule has 0 aliphatic carbocycles. The highest BCUT2D eigenvalue weighted by Crippen LogP contribution is 1.95. The lowest BCUT2D eigenvalue weighted by Gasteiger charge is -1.90. The maximum absolute atomic E-state index is 8.60. The van der Waals surface area contributed by atoms with Crippen LogP contribution in [0.5, 0.6) is 0 Å². The van der Waals surface area contributed by atoms with Crippen LogP contribution < -0.4 is 0 Å². The van der Waals surface area contributed by atoms with Crippen LogP contribution in [0.15, 0.2) is 0 Å². The lowest BCUT2D eigenvalue weighted by Crippen LogP contribution is -1.80. The van der Waals surface area contributed by atoms with E-state index in [2.05, 4.69) is 0 Å². The van der Waals surface area contributed by atoms with E-state index in [0.717, 1.165) is 12.8 Å². The molecule has 1 atom stereocenters. The van der Waals surface area contributed by atoms with Crippen LogP contribution in [0.4, 0.5) is 0 Å². The van der Waals surface area contributed by atoms with Gasteiger partial charge in [0.2, 0.25) is 0 Å². The molecule has 0 aliphatic heterocycles. The normalized spacial score (nSPS) is 22.3. The number of aliphatic hydroxyl groups excluding tert-OH is 1. The number of unbranched alkanes of at least 4 members (excludes halogenated alkanes) is 1. The van der Waals surface area contributed by atoms with Crippen molar-refractivity contribution in [1.29, 1.82) is 0 Å². The largest absolute Gasteiger partial charge is 0.396 e. The van der Waals surface area contributed by atoms with Crippen LogP contribution in [-0.4, -0.2) is 11.7 Å². The molecule has 0 saturated carbocycles. The molecule has 1 nitrogen and oxygen atoms in total.